The van der Waals surface area contributed by atoms with Gasteiger partial charge in [-0.2, -0.15) is 0 Å². The summed E-state index contributed by atoms with van der Waals surface area (Å²) in [7, 11) is 1.82. The molecule has 0 fully saturated rings. The molecule has 0 spiro atoms. The maximum absolute atomic E-state index is 11.6. The number of hydrogen-bond acceptors (Lipinski definition) is 5. The van der Waals surface area contributed by atoms with Crippen LogP contribution in [0.4, 0.5) is 11.4 Å². The van der Waals surface area contributed by atoms with E-state index >= 15 is 0 Å². The van der Waals surface area contributed by atoms with E-state index in [1.807, 2.05) is 25.2 Å². The van der Waals surface area contributed by atoms with Crippen molar-refractivity contribution in [2.24, 2.45) is 0 Å². The van der Waals surface area contributed by atoms with E-state index in [9.17, 15) is 4.79 Å². The first-order chi connectivity index (χ1) is 8.15. The van der Waals surface area contributed by atoms with Gasteiger partial charge in [0.2, 0.25) is 0 Å². The van der Waals surface area contributed by atoms with E-state index in [1.165, 1.54) is 11.3 Å². The van der Waals surface area contributed by atoms with Gasteiger partial charge < -0.3 is 15.8 Å². The maximum atomic E-state index is 11.6. The maximum Gasteiger partial charge on any atom is 0.348 e. The summed E-state index contributed by atoms with van der Waals surface area (Å²) in [5.74, 6) is -0.279. The van der Waals surface area contributed by atoms with Crippen LogP contribution in [0.25, 0.3) is 10.1 Å². The lowest BCUT2D eigenvalue weighted by atomic mass is 10.2. The fourth-order valence-electron chi connectivity index (χ4n) is 1.62. The van der Waals surface area contributed by atoms with Crippen molar-refractivity contribution < 1.29 is 9.53 Å². The highest BCUT2D eigenvalue weighted by atomic mass is 32.1. The first-order valence-corrected chi connectivity index (χ1v) is 6.15. The Morgan fingerprint density at radius 2 is 2.24 bits per heavy atom. The molecule has 0 amide bonds. The standard InChI is InChI=1S/C12H14N2O2S/c1-3-16-12(15)11-5-7-4-9(14-2)8(13)6-10(7)17-11/h4-6,14H,3,13H2,1-2H3. The summed E-state index contributed by atoms with van der Waals surface area (Å²) in [4.78, 5) is 12.2. The Morgan fingerprint density at radius 3 is 2.88 bits per heavy atom. The second-order valence-electron chi connectivity index (χ2n) is 3.56. The quantitative estimate of drug-likeness (QED) is 0.649. The lowest BCUT2D eigenvalue weighted by molar-refractivity contribution is 0.0532. The molecule has 4 nitrogen and oxygen atoms in total. The molecule has 2 rings (SSSR count). The summed E-state index contributed by atoms with van der Waals surface area (Å²) in [5.41, 5.74) is 7.41. The van der Waals surface area contributed by atoms with Crippen molar-refractivity contribution in [3.63, 3.8) is 0 Å². The van der Waals surface area contributed by atoms with Crippen LogP contribution in [-0.2, 0) is 4.74 Å². The molecular formula is C12H14N2O2S. The SMILES string of the molecule is CCOC(=O)c1cc2cc(NC)c(N)cc2s1. The lowest BCUT2D eigenvalue weighted by Crippen LogP contribution is -2.01. The van der Waals surface area contributed by atoms with Crippen LogP contribution in [0.1, 0.15) is 16.6 Å². The molecule has 0 aliphatic rings. The Hall–Kier alpha value is -1.75. The monoisotopic (exact) mass is 250 g/mol. The van der Waals surface area contributed by atoms with Gasteiger partial charge in [0.05, 0.1) is 18.0 Å². The molecule has 0 atom stereocenters. The zero-order valence-corrected chi connectivity index (χ0v) is 10.6. The first-order valence-electron chi connectivity index (χ1n) is 5.33. The Kier molecular flexibility index (Phi) is 3.19. The van der Waals surface area contributed by atoms with Crippen molar-refractivity contribution in [1.82, 2.24) is 0 Å². The number of ether oxygens (including phenoxy) is 1. The van der Waals surface area contributed by atoms with Crippen molar-refractivity contribution in [3.8, 4) is 0 Å². The van der Waals surface area contributed by atoms with Crippen LogP contribution >= 0.6 is 11.3 Å². The van der Waals surface area contributed by atoms with Crippen LogP contribution in [0.2, 0.25) is 0 Å². The third-order valence-corrected chi connectivity index (χ3v) is 3.51. The predicted molar refractivity (Wildman–Crippen MR) is 71.7 cm³/mol. The van der Waals surface area contributed by atoms with Crippen molar-refractivity contribution in [2.45, 2.75) is 6.92 Å². The topological polar surface area (TPSA) is 64.3 Å². The van der Waals surface area contributed by atoms with Crippen LogP contribution in [0.5, 0.6) is 0 Å². The molecule has 1 aromatic heterocycles. The van der Waals surface area contributed by atoms with E-state index in [1.54, 1.807) is 6.92 Å². The van der Waals surface area contributed by atoms with Crippen LogP contribution in [0.15, 0.2) is 18.2 Å². The average Bonchev–Trinajstić information content (AvgIpc) is 2.71. The van der Waals surface area contributed by atoms with Crippen LogP contribution in [0, 0.1) is 0 Å². The van der Waals surface area contributed by atoms with Crippen molar-refractivity contribution in [3.05, 3.63) is 23.1 Å². The van der Waals surface area contributed by atoms with Crippen molar-refractivity contribution >= 4 is 38.8 Å². The summed E-state index contributed by atoms with van der Waals surface area (Å²) in [5, 5.41) is 4.01. The van der Waals surface area contributed by atoms with Gasteiger partial charge in [-0.3, -0.25) is 0 Å². The van der Waals surface area contributed by atoms with Gasteiger partial charge in [-0.15, -0.1) is 11.3 Å². The van der Waals surface area contributed by atoms with E-state index in [0.29, 0.717) is 17.2 Å². The Bertz CT molecular complexity index is 563. The van der Waals surface area contributed by atoms with Gasteiger partial charge in [-0.25, -0.2) is 4.79 Å². The van der Waals surface area contributed by atoms with E-state index in [-0.39, 0.29) is 5.97 Å². The second-order valence-corrected chi connectivity index (χ2v) is 4.64. The second kappa shape index (κ2) is 4.63. The molecule has 0 saturated heterocycles. The van der Waals surface area contributed by atoms with E-state index in [4.69, 9.17) is 10.5 Å². The number of carbonyl (C=O) groups is 1. The fourth-order valence-corrected chi connectivity index (χ4v) is 2.61. The number of nitrogens with one attached hydrogen (secondary N) is 1. The Morgan fingerprint density at radius 1 is 1.47 bits per heavy atom. The summed E-state index contributed by atoms with van der Waals surface area (Å²) in [6.45, 7) is 2.18. The molecule has 1 aromatic carbocycles. The van der Waals surface area contributed by atoms with Gasteiger partial charge in [-0.1, -0.05) is 0 Å². The average molecular weight is 250 g/mol. The Balaban J connectivity index is 2.47. The number of hydrogen-bond donors (Lipinski definition) is 2. The molecule has 1 heterocycles. The minimum absolute atomic E-state index is 0.279. The first kappa shape index (κ1) is 11.7. The smallest absolute Gasteiger partial charge is 0.348 e. The number of esters is 1. The third-order valence-electron chi connectivity index (χ3n) is 2.43. The molecule has 0 unspecified atom stereocenters. The van der Waals surface area contributed by atoms with E-state index in [0.717, 1.165) is 15.8 Å². The van der Waals surface area contributed by atoms with E-state index < -0.39 is 0 Å². The third kappa shape index (κ3) is 2.19. The number of anilines is 2. The summed E-state index contributed by atoms with van der Waals surface area (Å²) >= 11 is 1.40. The largest absolute Gasteiger partial charge is 0.462 e. The van der Waals surface area contributed by atoms with Gasteiger partial charge in [0.1, 0.15) is 4.88 Å². The van der Waals surface area contributed by atoms with E-state index in [2.05, 4.69) is 5.32 Å². The predicted octanol–water partition coefficient (Wildman–Crippen LogP) is 2.70. The van der Waals surface area contributed by atoms with Crippen LogP contribution in [-0.4, -0.2) is 19.6 Å². The number of benzene rings is 1. The minimum atomic E-state index is -0.279. The molecule has 3 N–H and O–H groups in total. The summed E-state index contributed by atoms with van der Waals surface area (Å²) in [6.07, 6.45) is 0. The molecule has 2 aromatic rings. The molecule has 0 radical (unpaired) electrons. The van der Waals surface area contributed by atoms with Gasteiger partial charge in [0, 0.05) is 11.7 Å². The highest BCUT2D eigenvalue weighted by molar-refractivity contribution is 7.20. The van der Waals surface area contributed by atoms with Crippen molar-refractivity contribution in [1.29, 1.82) is 0 Å². The molecular weight excluding hydrogens is 236 g/mol. The lowest BCUT2D eigenvalue weighted by Gasteiger charge is -2.03. The van der Waals surface area contributed by atoms with Gasteiger partial charge in [-0.05, 0) is 30.5 Å². The minimum Gasteiger partial charge on any atom is -0.462 e. The number of carbonyl (C=O) groups excluding carboxylic acids is 1. The highest BCUT2D eigenvalue weighted by Gasteiger charge is 2.12. The number of nitrogen functional groups attached to an aromatic ring is 1. The number of fused-ring (bicyclic) bond motifs is 1. The summed E-state index contributed by atoms with van der Waals surface area (Å²) in [6, 6.07) is 5.64. The molecule has 90 valence electrons. The van der Waals surface area contributed by atoms with Crippen molar-refractivity contribution in [2.75, 3.05) is 24.7 Å². The van der Waals surface area contributed by atoms with Crippen LogP contribution in [0.3, 0.4) is 0 Å². The molecule has 5 heteroatoms. The molecule has 17 heavy (non-hydrogen) atoms. The van der Waals surface area contributed by atoms with Gasteiger partial charge in [0.25, 0.3) is 0 Å². The molecule has 0 saturated carbocycles. The molecule has 0 aliphatic heterocycles. The number of thiophene rings is 1. The van der Waals surface area contributed by atoms with Crippen LogP contribution < -0.4 is 11.1 Å². The zero-order valence-electron chi connectivity index (χ0n) is 9.74. The molecule has 0 aliphatic carbocycles. The van der Waals surface area contributed by atoms with Gasteiger partial charge >= 0.3 is 5.97 Å². The number of nitrogens with two attached hydrogens (primary N) is 1. The Labute approximate surface area is 103 Å². The number of rotatable bonds is 3. The van der Waals surface area contributed by atoms with Gasteiger partial charge in [0.15, 0.2) is 0 Å². The summed E-state index contributed by atoms with van der Waals surface area (Å²) < 4.78 is 5.96. The fraction of sp³-hybridized carbons (Fsp3) is 0.250. The molecule has 0 bridgehead atoms. The highest BCUT2D eigenvalue weighted by Crippen LogP contribution is 2.32. The normalized spacial score (nSPS) is 10.5. The zero-order chi connectivity index (χ0) is 12.4.